The summed E-state index contributed by atoms with van der Waals surface area (Å²) in [5, 5.41) is 3.15. The van der Waals surface area contributed by atoms with Crippen LogP contribution in [0.15, 0.2) is 24.3 Å². The van der Waals surface area contributed by atoms with Gasteiger partial charge in [-0.15, -0.1) is 0 Å². The Kier molecular flexibility index (Phi) is 6.00. The number of aryl methyl sites for hydroxylation is 1. The molecule has 28 heavy (non-hydrogen) atoms. The standard InChI is InChI=1S/C23H33N3O2/c1-17-9-11-20(12-10-17)24-22(27)21(18-5-2-3-6-18)25-13-15-26(16-14-25)23(28)19-7-4-8-19/h9-12,18-19,21H,2-8,13-16H2,1H3,(H,24,27)/t21-/m0/s1. The topological polar surface area (TPSA) is 52.7 Å². The molecule has 2 amide bonds. The maximum absolute atomic E-state index is 13.2. The Bertz CT molecular complexity index is 684. The van der Waals surface area contributed by atoms with E-state index < -0.39 is 0 Å². The first kappa shape index (κ1) is 19.4. The Morgan fingerprint density at radius 1 is 0.929 bits per heavy atom. The molecule has 1 heterocycles. The minimum atomic E-state index is -0.0789. The monoisotopic (exact) mass is 383 g/mol. The summed E-state index contributed by atoms with van der Waals surface area (Å²) >= 11 is 0. The highest BCUT2D eigenvalue weighted by atomic mass is 16.2. The number of hydrogen-bond acceptors (Lipinski definition) is 3. The molecule has 0 aromatic heterocycles. The van der Waals surface area contributed by atoms with Crippen molar-refractivity contribution in [1.29, 1.82) is 0 Å². The number of rotatable bonds is 5. The van der Waals surface area contributed by atoms with Crippen molar-refractivity contribution in [3.8, 4) is 0 Å². The predicted molar refractivity (Wildman–Crippen MR) is 111 cm³/mol. The lowest BCUT2D eigenvalue weighted by molar-refractivity contribution is -0.140. The number of anilines is 1. The first-order valence-electron chi connectivity index (χ1n) is 11.0. The third-order valence-corrected chi connectivity index (χ3v) is 6.91. The summed E-state index contributed by atoms with van der Waals surface area (Å²) in [6, 6.07) is 7.95. The molecule has 0 spiro atoms. The van der Waals surface area contributed by atoms with Crippen LogP contribution in [0, 0.1) is 18.8 Å². The van der Waals surface area contributed by atoms with E-state index in [-0.39, 0.29) is 17.9 Å². The Hall–Kier alpha value is -1.88. The lowest BCUT2D eigenvalue weighted by atomic mass is 9.84. The van der Waals surface area contributed by atoms with Crippen molar-refractivity contribution in [1.82, 2.24) is 9.80 Å². The molecule has 4 rings (SSSR count). The Morgan fingerprint density at radius 2 is 1.57 bits per heavy atom. The molecule has 2 aliphatic carbocycles. The van der Waals surface area contributed by atoms with Gasteiger partial charge in [0.25, 0.3) is 0 Å². The molecule has 5 heteroatoms. The number of benzene rings is 1. The number of nitrogens with one attached hydrogen (secondary N) is 1. The average Bonchev–Trinajstić information content (AvgIpc) is 3.17. The zero-order valence-corrected chi connectivity index (χ0v) is 17.0. The van der Waals surface area contributed by atoms with Crippen LogP contribution in [0.2, 0.25) is 0 Å². The van der Waals surface area contributed by atoms with Crippen molar-refractivity contribution in [2.75, 3.05) is 31.5 Å². The van der Waals surface area contributed by atoms with Gasteiger partial charge in [0.2, 0.25) is 11.8 Å². The summed E-state index contributed by atoms with van der Waals surface area (Å²) in [6.45, 7) is 5.19. The zero-order valence-electron chi connectivity index (χ0n) is 17.0. The van der Waals surface area contributed by atoms with Gasteiger partial charge in [-0.05, 0) is 50.7 Å². The van der Waals surface area contributed by atoms with Gasteiger partial charge in [0.1, 0.15) is 0 Å². The van der Waals surface area contributed by atoms with E-state index in [1.54, 1.807) is 0 Å². The predicted octanol–water partition coefficient (Wildman–Crippen LogP) is 3.44. The summed E-state index contributed by atoms with van der Waals surface area (Å²) < 4.78 is 0. The Balaban J connectivity index is 1.40. The maximum atomic E-state index is 13.2. The van der Waals surface area contributed by atoms with Gasteiger partial charge in [-0.25, -0.2) is 0 Å². The molecule has 1 saturated heterocycles. The molecular weight excluding hydrogens is 350 g/mol. The molecule has 1 N–H and O–H groups in total. The Morgan fingerprint density at radius 3 is 2.14 bits per heavy atom. The lowest BCUT2D eigenvalue weighted by Gasteiger charge is -2.42. The quantitative estimate of drug-likeness (QED) is 0.847. The van der Waals surface area contributed by atoms with Crippen LogP contribution in [0.3, 0.4) is 0 Å². The molecule has 152 valence electrons. The van der Waals surface area contributed by atoms with Gasteiger partial charge in [-0.2, -0.15) is 0 Å². The number of piperazine rings is 1. The molecule has 1 atom stereocenters. The van der Waals surface area contributed by atoms with Gasteiger partial charge >= 0.3 is 0 Å². The van der Waals surface area contributed by atoms with E-state index >= 15 is 0 Å². The zero-order chi connectivity index (χ0) is 19.5. The van der Waals surface area contributed by atoms with Crippen LogP contribution in [0.25, 0.3) is 0 Å². The summed E-state index contributed by atoms with van der Waals surface area (Å²) in [4.78, 5) is 30.1. The summed E-state index contributed by atoms with van der Waals surface area (Å²) in [5.74, 6) is 1.16. The van der Waals surface area contributed by atoms with Crippen molar-refractivity contribution < 1.29 is 9.59 Å². The van der Waals surface area contributed by atoms with E-state index in [0.29, 0.717) is 11.8 Å². The molecule has 1 aliphatic heterocycles. The van der Waals surface area contributed by atoms with Gasteiger partial charge in [-0.3, -0.25) is 14.5 Å². The lowest BCUT2D eigenvalue weighted by Crippen LogP contribution is -2.57. The van der Waals surface area contributed by atoms with Crippen LogP contribution in [-0.4, -0.2) is 53.8 Å². The Labute approximate surface area is 168 Å². The van der Waals surface area contributed by atoms with E-state index in [0.717, 1.165) is 57.5 Å². The fourth-order valence-electron chi connectivity index (χ4n) is 4.94. The maximum Gasteiger partial charge on any atom is 0.242 e. The largest absolute Gasteiger partial charge is 0.340 e. The minimum absolute atomic E-state index is 0.0789. The number of hydrogen-bond donors (Lipinski definition) is 1. The normalized spacial score (nSPS) is 22.7. The van der Waals surface area contributed by atoms with Gasteiger partial charge in [-0.1, -0.05) is 37.0 Å². The second kappa shape index (κ2) is 8.64. The van der Waals surface area contributed by atoms with Crippen LogP contribution in [0.1, 0.15) is 50.5 Å². The highest BCUT2D eigenvalue weighted by Crippen LogP contribution is 2.32. The summed E-state index contributed by atoms with van der Waals surface area (Å²) in [5.41, 5.74) is 2.06. The molecule has 2 saturated carbocycles. The molecule has 5 nitrogen and oxygen atoms in total. The number of nitrogens with zero attached hydrogens (tertiary/aromatic N) is 2. The van der Waals surface area contributed by atoms with Crippen molar-refractivity contribution in [2.24, 2.45) is 11.8 Å². The fraction of sp³-hybridized carbons (Fsp3) is 0.652. The van der Waals surface area contributed by atoms with Crippen molar-refractivity contribution in [3.05, 3.63) is 29.8 Å². The first-order chi connectivity index (χ1) is 13.6. The number of carbonyl (C=O) groups excluding carboxylic acids is 2. The van der Waals surface area contributed by atoms with Crippen molar-refractivity contribution in [3.63, 3.8) is 0 Å². The smallest absolute Gasteiger partial charge is 0.242 e. The van der Waals surface area contributed by atoms with Crippen LogP contribution in [0.4, 0.5) is 5.69 Å². The van der Waals surface area contributed by atoms with E-state index in [1.807, 2.05) is 29.2 Å². The van der Waals surface area contributed by atoms with Gasteiger partial charge in [0.05, 0.1) is 6.04 Å². The second-order valence-corrected chi connectivity index (χ2v) is 8.83. The second-order valence-electron chi connectivity index (χ2n) is 8.83. The first-order valence-corrected chi connectivity index (χ1v) is 11.0. The van der Waals surface area contributed by atoms with Crippen molar-refractivity contribution >= 4 is 17.5 Å². The number of amides is 2. The molecule has 0 radical (unpaired) electrons. The minimum Gasteiger partial charge on any atom is -0.340 e. The highest BCUT2D eigenvalue weighted by molar-refractivity contribution is 5.95. The van der Waals surface area contributed by atoms with E-state index in [9.17, 15) is 9.59 Å². The van der Waals surface area contributed by atoms with E-state index in [4.69, 9.17) is 0 Å². The summed E-state index contributed by atoms with van der Waals surface area (Å²) in [6.07, 6.45) is 8.02. The van der Waals surface area contributed by atoms with E-state index in [1.165, 1.54) is 24.8 Å². The molecular formula is C23H33N3O2. The molecule has 0 unspecified atom stereocenters. The fourth-order valence-corrected chi connectivity index (χ4v) is 4.94. The van der Waals surface area contributed by atoms with E-state index in [2.05, 4.69) is 17.1 Å². The van der Waals surface area contributed by atoms with Crippen molar-refractivity contribution in [2.45, 2.75) is 57.9 Å². The van der Waals surface area contributed by atoms with Gasteiger partial charge in [0, 0.05) is 37.8 Å². The van der Waals surface area contributed by atoms with Crippen LogP contribution in [-0.2, 0) is 9.59 Å². The molecule has 3 fully saturated rings. The molecule has 3 aliphatic rings. The third-order valence-electron chi connectivity index (χ3n) is 6.91. The molecule has 1 aromatic carbocycles. The third kappa shape index (κ3) is 4.24. The van der Waals surface area contributed by atoms with Gasteiger partial charge < -0.3 is 10.2 Å². The van der Waals surface area contributed by atoms with Crippen LogP contribution in [0.5, 0.6) is 0 Å². The molecule has 1 aromatic rings. The van der Waals surface area contributed by atoms with Crippen LogP contribution < -0.4 is 5.32 Å². The average molecular weight is 384 g/mol. The van der Waals surface area contributed by atoms with Crippen LogP contribution >= 0.6 is 0 Å². The molecule has 0 bridgehead atoms. The SMILES string of the molecule is Cc1ccc(NC(=O)[C@H](C2CCCC2)N2CCN(C(=O)C3CCC3)CC2)cc1. The van der Waals surface area contributed by atoms with Gasteiger partial charge in [0.15, 0.2) is 0 Å². The number of carbonyl (C=O) groups is 2. The highest BCUT2D eigenvalue weighted by Gasteiger charge is 2.38. The summed E-state index contributed by atoms with van der Waals surface area (Å²) in [7, 11) is 0.